The summed E-state index contributed by atoms with van der Waals surface area (Å²) in [6, 6.07) is 36.6. The number of hydrogen-bond donors (Lipinski definition) is 0. The van der Waals surface area contributed by atoms with Gasteiger partial charge in [0.2, 0.25) is 0 Å². The van der Waals surface area contributed by atoms with E-state index < -0.39 is 60.4 Å². The molecule has 0 fully saturated rings. The monoisotopic (exact) mass is 836 g/mol. The van der Waals surface area contributed by atoms with E-state index in [1.807, 2.05) is 97.2 Å². The Balaban J connectivity index is 1.10. The molecule has 306 valence electrons. The summed E-state index contributed by atoms with van der Waals surface area (Å²) in [5, 5.41) is 3.66. The van der Waals surface area contributed by atoms with Crippen molar-refractivity contribution in [3.8, 4) is 50.9 Å². The molecule has 4 heterocycles. The number of ether oxygens (including phenoxy) is 1. The Bertz CT molecular complexity index is 4220. The summed E-state index contributed by atoms with van der Waals surface area (Å²) < 4.78 is 107. The van der Waals surface area contributed by atoms with Crippen LogP contribution in [0.15, 0.2) is 204 Å². The van der Waals surface area contributed by atoms with Crippen molar-refractivity contribution in [3.63, 3.8) is 0 Å². The molecule has 0 saturated heterocycles. The number of hydrogen-bond acceptors (Lipinski definition) is 3. The second-order valence-corrected chi connectivity index (χ2v) is 16.7. The van der Waals surface area contributed by atoms with Gasteiger partial charge in [-0.25, -0.2) is 4.98 Å². The minimum atomic E-state index is -0.584. The Morgan fingerprint density at radius 3 is 2.05 bits per heavy atom. The molecule has 0 radical (unpaired) electrons. The number of para-hydroxylation sites is 3. The first-order valence-electron chi connectivity index (χ1n) is 25.9. The summed E-state index contributed by atoms with van der Waals surface area (Å²) in [5.41, 5.74) is 5.58. The van der Waals surface area contributed by atoms with E-state index in [0.717, 1.165) is 44.0 Å². The summed E-state index contributed by atoms with van der Waals surface area (Å²) >= 11 is 0. The van der Waals surface area contributed by atoms with Gasteiger partial charge in [0.25, 0.3) is 6.33 Å². The molecule has 6 nitrogen and oxygen atoms in total. The summed E-state index contributed by atoms with van der Waals surface area (Å²) in [6.45, 7) is 6.53. The summed E-state index contributed by atoms with van der Waals surface area (Å²) in [6.07, 6.45) is 5.36. The van der Waals surface area contributed by atoms with Crippen molar-refractivity contribution >= 4 is 54.8 Å². The van der Waals surface area contributed by atoms with Crippen LogP contribution < -0.4 is 9.30 Å². The average Bonchev–Trinajstić information content (AvgIpc) is 4.09. The van der Waals surface area contributed by atoms with E-state index in [4.69, 9.17) is 22.4 Å². The minimum absolute atomic E-state index is 0.101. The van der Waals surface area contributed by atoms with E-state index in [9.17, 15) is 5.48 Å². The van der Waals surface area contributed by atoms with Crippen molar-refractivity contribution in [1.29, 1.82) is 0 Å². The Morgan fingerprint density at radius 1 is 0.609 bits per heavy atom. The van der Waals surface area contributed by atoms with Crippen LogP contribution in [-0.4, -0.2) is 14.1 Å². The lowest BCUT2D eigenvalue weighted by Crippen LogP contribution is -2.31. The van der Waals surface area contributed by atoms with Gasteiger partial charge in [-0.15, -0.1) is 0 Å². The van der Waals surface area contributed by atoms with Crippen LogP contribution in [0, 0.1) is 6.33 Å². The van der Waals surface area contributed by atoms with Crippen LogP contribution in [0.1, 0.15) is 40.0 Å². The maximum Gasteiger partial charge on any atom is 0.270 e. The molecule has 0 atom stereocenters. The molecule has 6 heteroatoms. The molecule has 0 amide bonds. The van der Waals surface area contributed by atoms with Gasteiger partial charge < -0.3 is 9.15 Å². The first kappa shape index (κ1) is 28.4. The van der Waals surface area contributed by atoms with E-state index in [0.29, 0.717) is 39.4 Å². The van der Waals surface area contributed by atoms with Gasteiger partial charge in [0.05, 0.1) is 41.6 Å². The highest BCUT2D eigenvalue weighted by atomic mass is 16.5. The summed E-state index contributed by atoms with van der Waals surface area (Å²) in [4.78, 5) is 4.84. The third-order valence-electron chi connectivity index (χ3n) is 11.8. The third kappa shape index (κ3) is 6.17. The second kappa shape index (κ2) is 14.7. The Hall–Kier alpha value is -8.22. The Labute approximate surface area is 384 Å². The van der Waals surface area contributed by atoms with Gasteiger partial charge in [-0.1, -0.05) is 154 Å². The molecule has 12 rings (SSSR count). The zero-order valence-electron chi connectivity index (χ0n) is 44.9. The second-order valence-electron chi connectivity index (χ2n) is 16.7. The largest absolute Gasteiger partial charge is 0.460 e. The predicted molar refractivity (Wildman–Crippen MR) is 259 cm³/mol. The van der Waals surface area contributed by atoms with E-state index in [1.165, 1.54) is 0 Å². The highest BCUT2D eigenvalue weighted by Gasteiger charge is 2.24. The van der Waals surface area contributed by atoms with E-state index >= 15 is 0 Å². The standard InChI is InChI=1S/C58H42N4O2/c1-58(2,3)40-32-33-59-54(34-40)62-50-26-12-10-22-46(50)47-29-28-43(36-52(47)62)63-42-21-14-20-41(35-42)60-37-61(56-51(60)31-30-49-48-23-11-13-27-53(48)64-57(49)56)55-44(38-16-6-4-7-17-38)24-15-25-45(55)39-18-8-5-9-19-39/h4-36H,1-3H3/i4D,5D,6D,7D,8D,9D,16D,17D,18D,19D. The molecule has 0 unspecified atom stereocenters. The number of benzene rings is 8. The molecule has 0 saturated carbocycles. The zero-order chi connectivity index (χ0) is 51.6. The fourth-order valence-corrected chi connectivity index (χ4v) is 8.77. The van der Waals surface area contributed by atoms with Gasteiger partial charge in [0.1, 0.15) is 34.0 Å². The SMILES string of the molecule is [2H]c1c([2H])c([2H])c(-c2cccc(-c3c([2H])c([2H])c([2H])c([2H])c3[2H])c2-[n+]2[c-]n(-c3cccc(Oc4ccc5c6ccccc6n(-c6cc(C(C)(C)C)ccn6)c5c4)c3)c3ccc4c5ccccc5oc4c32)c([2H])c1[2H]. The van der Waals surface area contributed by atoms with Gasteiger partial charge in [0.15, 0.2) is 0 Å². The molecule has 8 aromatic carbocycles. The van der Waals surface area contributed by atoms with E-state index in [-0.39, 0.29) is 33.4 Å². The van der Waals surface area contributed by atoms with E-state index in [1.54, 1.807) is 27.3 Å². The molecule has 12 aromatic rings. The van der Waals surface area contributed by atoms with Gasteiger partial charge >= 0.3 is 0 Å². The summed E-state index contributed by atoms with van der Waals surface area (Å²) in [5.74, 6) is 1.85. The molecular formula is C58H42N4O2. The van der Waals surface area contributed by atoms with Crippen LogP contribution >= 0.6 is 0 Å². The number of furan rings is 1. The average molecular weight is 837 g/mol. The Kier molecular flexibility index (Phi) is 6.53. The first-order chi connectivity index (χ1) is 35.5. The molecular weight excluding hydrogens is 785 g/mol. The van der Waals surface area contributed by atoms with Crippen LogP contribution in [-0.2, 0) is 5.41 Å². The van der Waals surface area contributed by atoms with Gasteiger partial charge in [-0.05, 0) is 87.8 Å². The normalized spacial score (nSPS) is 14.2. The molecule has 0 aliphatic rings. The fourth-order valence-electron chi connectivity index (χ4n) is 8.77. The van der Waals surface area contributed by atoms with Gasteiger partial charge in [-0.2, -0.15) is 0 Å². The maximum absolute atomic E-state index is 9.18. The van der Waals surface area contributed by atoms with Crippen molar-refractivity contribution < 1.29 is 27.4 Å². The van der Waals surface area contributed by atoms with Crippen molar-refractivity contribution in [2.45, 2.75) is 26.2 Å². The van der Waals surface area contributed by atoms with Crippen molar-refractivity contribution in [2.24, 2.45) is 0 Å². The minimum Gasteiger partial charge on any atom is -0.460 e. The van der Waals surface area contributed by atoms with Crippen molar-refractivity contribution in [3.05, 3.63) is 212 Å². The number of nitrogens with zero attached hydrogens (tertiary/aromatic N) is 4. The maximum atomic E-state index is 9.18. The van der Waals surface area contributed by atoms with Gasteiger partial charge in [0, 0.05) is 33.8 Å². The topological polar surface area (TPSA) is 49.0 Å². The summed E-state index contributed by atoms with van der Waals surface area (Å²) in [7, 11) is 0. The first-order valence-corrected chi connectivity index (χ1v) is 20.9. The lowest BCUT2D eigenvalue weighted by Gasteiger charge is -2.20. The van der Waals surface area contributed by atoms with Crippen LogP contribution in [0.5, 0.6) is 11.5 Å². The van der Waals surface area contributed by atoms with Crippen LogP contribution in [0.2, 0.25) is 0 Å². The fraction of sp³-hybridized carbons (Fsp3) is 0.0690. The van der Waals surface area contributed by atoms with Crippen LogP contribution in [0.4, 0.5) is 0 Å². The number of imidazole rings is 1. The van der Waals surface area contributed by atoms with Crippen molar-refractivity contribution in [1.82, 2.24) is 14.1 Å². The number of rotatable bonds is 7. The number of pyridine rings is 1. The highest BCUT2D eigenvalue weighted by Crippen LogP contribution is 2.40. The Morgan fingerprint density at radius 2 is 1.28 bits per heavy atom. The molecule has 0 spiro atoms. The predicted octanol–water partition coefficient (Wildman–Crippen LogP) is 14.5. The lowest BCUT2D eigenvalue weighted by atomic mass is 9.88. The molecule has 0 aliphatic heterocycles. The smallest absolute Gasteiger partial charge is 0.270 e. The molecule has 64 heavy (non-hydrogen) atoms. The van der Waals surface area contributed by atoms with Gasteiger partial charge in [-0.3, -0.25) is 13.7 Å². The quantitative estimate of drug-likeness (QED) is 0.119. The van der Waals surface area contributed by atoms with Crippen molar-refractivity contribution in [2.75, 3.05) is 0 Å². The molecule has 0 bridgehead atoms. The number of fused-ring (bicyclic) bond motifs is 8. The molecule has 0 aliphatic carbocycles. The molecule has 4 aromatic heterocycles. The number of aromatic nitrogens is 4. The third-order valence-corrected chi connectivity index (χ3v) is 11.8. The lowest BCUT2D eigenvalue weighted by molar-refractivity contribution is -0.570. The van der Waals surface area contributed by atoms with Crippen LogP contribution in [0.3, 0.4) is 0 Å². The zero-order valence-corrected chi connectivity index (χ0v) is 34.9. The van der Waals surface area contributed by atoms with Crippen LogP contribution in [0.25, 0.3) is 94.2 Å². The molecule has 0 N–H and O–H groups in total. The van der Waals surface area contributed by atoms with E-state index in [2.05, 4.69) is 55.9 Å². The highest BCUT2D eigenvalue weighted by molar-refractivity contribution is 6.13.